The first kappa shape index (κ1) is 13.0. The molecule has 3 N–H and O–H groups in total. The summed E-state index contributed by atoms with van der Waals surface area (Å²) in [6.07, 6.45) is 4.93. The number of nitrogens with one attached hydrogen (secondary N) is 1. The maximum Gasteiger partial charge on any atom is 0.0798 e. The molecule has 1 aliphatic rings. The summed E-state index contributed by atoms with van der Waals surface area (Å²) in [6, 6.07) is 0. The smallest absolute Gasteiger partial charge is 0.0798 e. The van der Waals surface area contributed by atoms with Crippen LogP contribution < -0.4 is 11.1 Å². The quantitative estimate of drug-likeness (QED) is 0.866. The number of nitrogens with two attached hydrogens (primary N) is 1. The van der Waals surface area contributed by atoms with Crippen LogP contribution in [-0.2, 0) is 6.54 Å². The third kappa shape index (κ3) is 3.50. The molecule has 2 rings (SSSR count). The lowest BCUT2D eigenvalue weighted by atomic mass is 9.77. The van der Waals surface area contributed by atoms with E-state index in [9.17, 15) is 0 Å². The van der Waals surface area contributed by atoms with Crippen molar-refractivity contribution < 1.29 is 0 Å². The van der Waals surface area contributed by atoms with E-state index in [-0.39, 0.29) is 5.54 Å². The van der Waals surface area contributed by atoms with Gasteiger partial charge in [-0.3, -0.25) is 0 Å². The topological polar surface area (TPSA) is 50.9 Å². The van der Waals surface area contributed by atoms with E-state index in [0.717, 1.165) is 37.5 Å². The Kier molecular flexibility index (Phi) is 4.17. The zero-order valence-corrected chi connectivity index (χ0v) is 11.6. The van der Waals surface area contributed by atoms with Gasteiger partial charge in [-0.2, -0.15) is 0 Å². The first-order chi connectivity index (χ1) is 8.09. The SMILES string of the molecule is Cc1ncsc1CNCC1(N)CCCC(C)C1. The van der Waals surface area contributed by atoms with E-state index in [2.05, 4.69) is 24.1 Å². The summed E-state index contributed by atoms with van der Waals surface area (Å²) in [7, 11) is 0. The standard InChI is InChI=1S/C13H23N3S/c1-10-4-3-5-13(14,6-10)8-15-7-12-11(2)16-9-17-12/h9-10,15H,3-8,14H2,1-2H3. The molecule has 1 heterocycles. The van der Waals surface area contributed by atoms with Crippen molar-refractivity contribution in [1.82, 2.24) is 10.3 Å². The zero-order chi connectivity index (χ0) is 12.3. The van der Waals surface area contributed by atoms with E-state index in [0.29, 0.717) is 0 Å². The molecule has 96 valence electrons. The third-order valence-electron chi connectivity index (χ3n) is 3.73. The maximum absolute atomic E-state index is 6.45. The van der Waals surface area contributed by atoms with Crippen LogP contribution in [-0.4, -0.2) is 17.1 Å². The molecule has 1 aromatic rings. The van der Waals surface area contributed by atoms with Gasteiger partial charge in [0.05, 0.1) is 11.2 Å². The number of aryl methyl sites for hydroxylation is 1. The van der Waals surface area contributed by atoms with Crippen LogP contribution in [0.25, 0.3) is 0 Å². The third-order valence-corrected chi connectivity index (χ3v) is 4.67. The number of thiazole rings is 1. The van der Waals surface area contributed by atoms with E-state index in [1.54, 1.807) is 11.3 Å². The highest BCUT2D eigenvalue weighted by atomic mass is 32.1. The van der Waals surface area contributed by atoms with Crippen LogP contribution in [0.1, 0.15) is 43.2 Å². The molecule has 1 fully saturated rings. The molecule has 0 aromatic carbocycles. The van der Waals surface area contributed by atoms with Gasteiger partial charge in [0, 0.05) is 23.5 Å². The van der Waals surface area contributed by atoms with Crippen LogP contribution in [0.5, 0.6) is 0 Å². The molecule has 3 nitrogen and oxygen atoms in total. The minimum absolute atomic E-state index is 0.0102. The van der Waals surface area contributed by atoms with Crippen LogP contribution in [0, 0.1) is 12.8 Å². The van der Waals surface area contributed by atoms with Gasteiger partial charge in [0.2, 0.25) is 0 Å². The van der Waals surface area contributed by atoms with E-state index in [1.807, 2.05) is 5.51 Å². The van der Waals surface area contributed by atoms with Crippen LogP contribution in [0.3, 0.4) is 0 Å². The summed E-state index contributed by atoms with van der Waals surface area (Å²) in [5.74, 6) is 0.778. The van der Waals surface area contributed by atoms with Gasteiger partial charge in [-0.25, -0.2) is 4.98 Å². The molecule has 2 unspecified atom stereocenters. The van der Waals surface area contributed by atoms with Crippen LogP contribution in [0.2, 0.25) is 0 Å². The molecule has 1 aromatic heterocycles. The number of hydrogen-bond acceptors (Lipinski definition) is 4. The first-order valence-corrected chi connectivity index (χ1v) is 7.36. The Morgan fingerprint density at radius 3 is 3.12 bits per heavy atom. The van der Waals surface area contributed by atoms with Gasteiger partial charge in [-0.15, -0.1) is 11.3 Å². The summed E-state index contributed by atoms with van der Waals surface area (Å²) in [5.41, 5.74) is 9.52. The fourth-order valence-corrected chi connectivity index (χ4v) is 3.53. The Hall–Kier alpha value is -0.450. The fourth-order valence-electron chi connectivity index (χ4n) is 2.78. The highest BCUT2D eigenvalue weighted by Crippen LogP contribution is 2.29. The Morgan fingerprint density at radius 2 is 2.47 bits per heavy atom. The molecule has 1 aliphatic carbocycles. The van der Waals surface area contributed by atoms with Crippen molar-refractivity contribution in [2.45, 2.75) is 51.6 Å². The second-order valence-corrected chi connectivity index (χ2v) is 6.47. The van der Waals surface area contributed by atoms with Crippen molar-refractivity contribution >= 4 is 11.3 Å². The Labute approximate surface area is 108 Å². The summed E-state index contributed by atoms with van der Waals surface area (Å²) in [5, 5.41) is 3.50. The van der Waals surface area contributed by atoms with E-state index in [4.69, 9.17) is 5.73 Å². The van der Waals surface area contributed by atoms with Gasteiger partial charge in [0.1, 0.15) is 0 Å². The van der Waals surface area contributed by atoms with Crippen molar-refractivity contribution in [1.29, 1.82) is 0 Å². The van der Waals surface area contributed by atoms with Gasteiger partial charge in [0.25, 0.3) is 0 Å². The van der Waals surface area contributed by atoms with Crippen LogP contribution in [0.4, 0.5) is 0 Å². The highest BCUT2D eigenvalue weighted by Gasteiger charge is 2.30. The molecule has 0 saturated heterocycles. The van der Waals surface area contributed by atoms with Gasteiger partial charge in [-0.1, -0.05) is 19.8 Å². The molecule has 17 heavy (non-hydrogen) atoms. The number of nitrogens with zero attached hydrogens (tertiary/aromatic N) is 1. The predicted octanol–water partition coefficient (Wildman–Crippen LogP) is 2.45. The molecule has 0 bridgehead atoms. The molecular formula is C13H23N3S. The second kappa shape index (κ2) is 5.46. The van der Waals surface area contributed by atoms with E-state index in [1.165, 1.54) is 17.7 Å². The summed E-state index contributed by atoms with van der Waals surface area (Å²) in [6.45, 7) is 6.21. The molecule has 0 amide bonds. The first-order valence-electron chi connectivity index (χ1n) is 6.48. The van der Waals surface area contributed by atoms with Crippen LogP contribution in [0.15, 0.2) is 5.51 Å². The maximum atomic E-state index is 6.45. The van der Waals surface area contributed by atoms with E-state index < -0.39 is 0 Å². The van der Waals surface area contributed by atoms with Crippen molar-refractivity contribution in [2.24, 2.45) is 11.7 Å². The van der Waals surface area contributed by atoms with Crippen molar-refractivity contribution in [3.8, 4) is 0 Å². The van der Waals surface area contributed by atoms with E-state index >= 15 is 0 Å². The average molecular weight is 253 g/mol. The lowest BCUT2D eigenvalue weighted by Crippen LogP contribution is -2.51. The highest BCUT2D eigenvalue weighted by molar-refractivity contribution is 7.09. The monoisotopic (exact) mass is 253 g/mol. The van der Waals surface area contributed by atoms with Gasteiger partial charge < -0.3 is 11.1 Å². The summed E-state index contributed by atoms with van der Waals surface area (Å²) < 4.78 is 0. The van der Waals surface area contributed by atoms with Gasteiger partial charge >= 0.3 is 0 Å². The number of aromatic nitrogens is 1. The second-order valence-electron chi connectivity index (χ2n) is 5.53. The Balaban J connectivity index is 1.79. The lowest BCUT2D eigenvalue weighted by molar-refractivity contribution is 0.229. The molecule has 0 spiro atoms. The normalized spacial score (nSPS) is 29.5. The number of rotatable bonds is 4. The zero-order valence-electron chi connectivity index (χ0n) is 10.8. The lowest BCUT2D eigenvalue weighted by Gasteiger charge is -2.37. The molecular weight excluding hydrogens is 230 g/mol. The predicted molar refractivity (Wildman–Crippen MR) is 73.1 cm³/mol. The van der Waals surface area contributed by atoms with Crippen molar-refractivity contribution in [3.63, 3.8) is 0 Å². The Morgan fingerprint density at radius 1 is 1.65 bits per heavy atom. The minimum atomic E-state index is 0.0102. The molecule has 0 aliphatic heterocycles. The number of hydrogen-bond donors (Lipinski definition) is 2. The molecule has 0 radical (unpaired) electrons. The summed E-state index contributed by atoms with van der Waals surface area (Å²) in [4.78, 5) is 5.59. The fraction of sp³-hybridized carbons (Fsp3) is 0.769. The minimum Gasteiger partial charge on any atom is -0.324 e. The molecule has 2 atom stereocenters. The van der Waals surface area contributed by atoms with Crippen molar-refractivity contribution in [3.05, 3.63) is 16.1 Å². The van der Waals surface area contributed by atoms with Crippen LogP contribution >= 0.6 is 11.3 Å². The molecule has 4 heteroatoms. The molecule has 1 saturated carbocycles. The van der Waals surface area contributed by atoms with Gasteiger partial charge in [-0.05, 0) is 25.7 Å². The largest absolute Gasteiger partial charge is 0.324 e. The van der Waals surface area contributed by atoms with Crippen molar-refractivity contribution in [2.75, 3.05) is 6.54 Å². The Bertz CT molecular complexity index is 363. The average Bonchev–Trinajstić information content (AvgIpc) is 2.64. The summed E-state index contributed by atoms with van der Waals surface area (Å²) >= 11 is 1.72. The van der Waals surface area contributed by atoms with Gasteiger partial charge in [0.15, 0.2) is 0 Å².